The molecule has 6 heteroatoms. The summed E-state index contributed by atoms with van der Waals surface area (Å²) in [5.74, 6) is -1.87. The van der Waals surface area contributed by atoms with Crippen LogP contribution in [0.3, 0.4) is 0 Å². The smallest absolute Gasteiger partial charge is 0.275 e. The van der Waals surface area contributed by atoms with Crippen LogP contribution in [0.2, 0.25) is 0 Å². The summed E-state index contributed by atoms with van der Waals surface area (Å²) in [7, 11) is 0. The van der Waals surface area contributed by atoms with Crippen LogP contribution < -0.4 is 5.32 Å². The molecular formula is C10H6F2N2OS. The fraction of sp³-hybridized carbons (Fsp3) is 0. The number of carbonyl (C=O) groups is 1. The van der Waals surface area contributed by atoms with E-state index in [0.717, 1.165) is 18.2 Å². The van der Waals surface area contributed by atoms with Crippen LogP contribution in [0.1, 0.15) is 10.5 Å². The maximum atomic E-state index is 13.2. The number of nitrogens with zero attached hydrogens (tertiary/aromatic N) is 1. The Kier molecular flexibility index (Phi) is 2.91. The predicted molar refractivity (Wildman–Crippen MR) is 56.4 cm³/mol. The minimum atomic E-state index is -0.690. The fourth-order valence-electron chi connectivity index (χ4n) is 1.10. The van der Waals surface area contributed by atoms with E-state index in [4.69, 9.17) is 0 Å². The number of hydrogen-bond acceptors (Lipinski definition) is 3. The van der Waals surface area contributed by atoms with Crippen molar-refractivity contribution in [1.82, 2.24) is 4.98 Å². The molecule has 0 aliphatic rings. The largest absolute Gasteiger partial charge is 0.318 e. The molecule has 16 heavy (non-hydrogen) atoms. The summed E-state index contributed by atoms with van der Waals surface area (Å²) in [6.45, 7) is 0. The lowest BCUT2D eigenvalue weighted by Gasteiger charge is -2.04. The third-order valence-electron chi connectivity index (χ3n) is 1.84. The first kappa shape index (κ1) is 10.7. The highest BCUT2D eigenvalue weighted by molar-refractivity contribution is 7.07. The van der Waals surface area contributed by atoms with Gasteiger partial charge in [-0.3, -0.25) is 4.79 Å². The highest BCUT2D eigenvalue weighted by Crippen LogP contribution is 2.16. The van der Waals surface area contributed by atoms with E-state index >= 15 is 0 Å². The molecule has 0 bridgehead atoms. The summed E-state index contributed by atoms with van der Waals surface area (Å²) in [4.78, 5) is 15.2. The van der Waals surface area contributed by atoms with E-state index in [2.05, 4.69) is 10.3 Å². The number of nitrogens with one attached hydrogen (secondary N) is 1. The average Bonchev–Trinajstić information content (AvgIpc) is 2.76. The van der Waals surface area contributed by atoms with Gasteiger partial charge in [-0.25, -0.2) is 13.8 Å². The molecule has 0 saturated carbocycles. The van der Waals surface area contributed by atoms with Crippen LogP contribution in [0.15, 0.2) is 29.1 Å². The number of rotatable bonds is 2. The standard InChI is InChI=1S/C10H6F2N2OS/c11-6-1-2-7(12)8(3-6)14-10(15)9-4-16-5-13-9/h1-5H,(H,14,15). The fourth-order valence-corrected chi connectivity index (χ4v) is 1.64. The number of carbonyl (C=O) groups excluding carboxylic acids is 1. The van der Waals surface area contributed by atoms with Gasteiger partial charge >= 0.3 is 0 Å². The first-order valence-electron chi connectivity index (χ1n) is 4.31. The van der Waals surface area contributed by atoms with E-state index in [0.29, 0.717) is 0 Å². The van der Waals surface area contributed by atoms with Gasteiger partial charge in [-0.15, -0.1) is 11.3 Å². The van der Waals surface area contributed by atoms with Crippen molar-refractivity contribution in [3.05, 3.63) is 46.4 Å². The molecule has 1 heterocycles. The zero-order valence-electron chi connectivity index (χ0n) is 7.91. The molecule has 0 aliphatic carbocycles. The molecule has 0 saturated heterocycles. The molecular weight excluding hydrogens is 234 g/mol. The number of hydrogen-bond donors (Lipinski definition) is 1. The van der Waals surface area contributed by atoms with Crippen LogP contribution in [0.25, 0.3) is 0 Å². The number of amides is 1. The van der Waals surface area contributed by atoms with Gasteiger partial charge in [0.1, 0.15) is 17.3 Å². The highest BCUT2D eigenvalue weighted by atomic mass is 32.1. The molecule has 1 aromatic carbocycles. The van der Waals surface area contributed by atoms with Crippen molar-refractivity contribution in [3.63, 3.8) is 0 Å². The van der Waals surface area contributed by atoms with Crippen LogP contribution in [0, 0.1) is 11.6 Å². The molecule has 2 rings (SSSR count). The molecule has 0 aliphatic heterocycles. The van der Waals surface area contributed by atoms with Crippen molar-refractivity contribution in [2.45, 2.75) is 0 Å². The second-order valence-electron chi connectivity index (χ2n) is 2.95. The van der Waals surface area contributed by atoms with Gasteiger partial charge in [0, 0.05) is 11.4 Å². The zero-order chi connectivity index (χ0) is 11.5. The quantitative estimate of drug-likeness (QED) is 0.876. The summed E-state index contributed by atoms with van der Waals surface area (Å²) in [6.07, 6.45) is 0. The molecule has 1 N–H and O–H groups in total. The van der Waals surface area contributed by atoms with Gasteiger partial charge in [0.05, 0.1) is 11.2 Å². The van der Waals surface area contributed by atoms with Crippen molar-refractivity contribution in [2.24, 2.45) is 0 Å². The summed E-state index contributed by atoms with van der Waals surface area (Å²) in [5.41, 5.74) is 1.46. The van der Waals surface area contributed by atoms with Gasteiger partial charge in [-0.05, 0) is 12.1 Å². The Balaban J connectivity index is 2.21. The molecule has 0 fully saturated rings. The topological polar surface area (TPSA) is 42.0 Å². The molecule has 0 radical (unpaired) electrons. The Morgan fingerprint density at radius 3 is 2.88 bits per heavy atom. The van der Waals surface area contributed by atoms with E-state index < -0.39 is 17.5 Å². The van der Waals surface area contributed by atoms with Crippen molar-refractivity contribution >= 4 is 22.9 Å². The Morgan fingerprint density at radius 1 is 1.38 bits per heavy atom. The summed E-state index contributed by atoms with van der Waals surface area (Å²) >= 11 is 1.25. The van der Waals surface area contributed by atoms with Gasteiger partial charge in [0.15, 0.2) is 0 Å². The maximum Gasteiger partial charge on any atom is 0.275 e. The SMILES string of the molecule is O=C(Nc1cc(F)ccc1F)c1cscn1. The Bertz CT molecular complexity index is 514. The Hall–Kier alpha value is -1.82. The van der Waals surface area contributed by atoms with Crippen LogP contribution in [-0.4, -0.2) is 10.9 Å². The van der Waals surface area contributed by atoms with Gasteiger partial charge in [-0.1, -0.05) is 0 Å². The lowest BCUT2D eigenvalue weighted by Crippen LogP contribution is -2.13. The van der Waals surface area contributed by atoms with E-state index in [1.54, 1.807) is 0 Å². The molecule has 3 nitrogen and oxygen atoms in total. The normalized spacial score (nSPS) is 10.1. The van der Waals surface area contributed by atoms with Crippen LogP contribution in [0.4, 0.5) is 14.5 Å². The second-order valence-corrected chi connectivity index (χ2v) is 3.67. The molecule has 2 aromatic rings. The first-order valence-corrected chi connectivity index (χ1v) is 5.25. The number of thiazole rings is 1. The predicted octanol–water partition coefficient (Wildman–Crippen LogP) is 2.67. The molecule has 0 spiro atoms. The summed E-state index contributed by atoms with van der Waals surface area (Å²) in [6, 6.07) is 2.85. The van der Waals surface area contributed by atoms with E-state index in [-0.39, 0.29) is 11.4 Å². The molecule has 0 unspecified atom stereocenters. The maximum absolute atomic E-state index is 13.2. The second kappa shape index (κ2) is 4.36. The third kappa shape index (κ3) is 2.22. The van der Waals surface area contributed by atoms with Gasteiger partial charge in [0.25, 0.3) is 5.91 Å². The zero-order valence-corrected chi connectivity index (χ0v) is 8.72. The van der Waals surface area contributed by atoms with Crippen LogP contribution >= 0.6 is 11.3 Å². The molecule has 1 amide bonds. The van der Waals surface area contributed by atoms with E-state index in [1.165, 1.54) is 22.2 Å². The first-order chi connectivity index (χ1) is 7.66. The van der Waals surface area contributed by atoms with Crippen LogP contribution in [0.5, 0.6) is 0 Å². The minimum absolute atomic E-state index is 0.175. The highest BCUT2D eigenvalue weighted by Gasteiger charge is 2.11. The number of aromatic nitrogens is 1. The molecule has 82 valence electrons. The summed E-state index contributed by atoms with van der Waals surface area (Å²) in [5, 5.41) is 3.76. The average molecular weight is 240 g/mol. The van der Waals surface area contributed by atoms with E-state index in [9.17, 15) is 13.6 Å². The van der Waals surface area contributed by atoms with Crippen molar-refractivity contribution in [1.29, 1.82) is 0 Å². The van der Waals surface area contributed by atoms with Gasteiger partial charge < -0.3 is 5.32 Å². The Morgan fingerprint density at radius 2 is 2.19 bits per heavy atom. The van der Waals surface area contributed by atoms with Crippen molar-refractivity contribution in [3.8, 4) is 0 Å². The van der Waals surface area contributed by atoms with Gasteiger partial charge in [-0.2, -0.15) is 0 Å². The lowest BCUT2D eigenvalue weighted by atomic mass is 10.3. The Labute approximate surface area is 93.8 Å². The number of benzene rings is 1. The van der Waals surface area contributed by atoms with Crippen molar-refractivity contribution in [2.75, 3.05) is 5.32 Å². The number of halogens is 2. The van der Waals surface area contributed by atoms with E-state index in [1.807, 2.05) is 0 Å². The molecule has 0 atom stereocenters. The number of anilines is 1. The van der Waals surface area contributed by atoms with Crippen LogP contribution in [-0.2, 0) is 0 Å². The minimum Gasteiger partial charge on any atom is -0.318 e. The molecule has 1 aromatic heterocycles. The van der Waals surface area contributed by atoms with Crippen molar-refractivity contribution < 1.29 is 13.6 Å². The summed E-state index contributed by atoms with van der Waals surface area (Å²) < 4.78 is 26.0. The lowest BCUT2D eigenvalue weighted by molar-refractivity contribution is 0.102. The van der Waals surface area contributed by atoms with Gasteiger partial charge in [0.2, 0.25) is 0 Å². The monoisotopic (exact) mass is 240 g/mol. The third-order valence-corrected chi connectivity index (χ3v) is 2.43.